The predicted molar refractivity (Wildman–Crippen MR) is 166 cm³/mol. The fourth-order valence-electron chi connectivity index (χ4n) is 5.76. The smallest absolute Gasteiger partial charge is 0.136 e. The zero-order valence-corrected chi connectivity index (χ0v) is 22.1. The van der Waals surface area contributed by atoms with Crippen LogP contribution in [0.4, 0.5) is 0 Å². The quantitative estimate of drug-likeness (QED) is 0.207. The summed E-state index contributed by atoms with van der Waals surface area (Å²) in [5.41, 5.74) is 4.14. The first-order chi connectivity index (χ1) is 19.2. The van der Waals surface area contributed by atoms with Gasteiger partial charge in [-0.05, 0) is 104 Å². The van der Waals surface area contributed by atoms with E-state index in [0.29, 0.717) is 0 Å². The Hall–Kier alpha value is -4.58. The highest BCUT2D eigenvalue weighted by Crippen LogP contribution is 2.38. The summed E-state index contributed by atoms with van der Waals surface area (Å²) in [5.74, 6) is 0. The fourth-order valence-corrected chi connectivity index (χ4v) is 7.03. The molecule has 182 valence electrons. The molecule has 0 saturated heterocycles. The highest BCUT2D eigenvalue weighted by atomic mass is 32.1. The van der Waals surface area contributed by atoms with E-state index >= 15 is 0 Å². The highest BCUT2D eigenvalue weighted by Gasteiger charge is 2.12. The lowest BCUT2D eigenvalue weighted by atomic mass is 9.98. The fraction of sp³-hybridized carbons (Fsp3) is 0. The third-order valence-corrected chi connectivity index (χ3v) is 9.30. The number of fused-ring (bicyclic) bond motifs is 7. The van der Waals surface area contributed by atoms with Crippen molar-refractivity contribution in [3.05, 3.63) is 108 Å². The van der Waals surface area contributed by atoms with Crippen molar-refractivity contribution in [3.63, 3.8) is 0 Å². The zero-order chi connectivity index (χ0) is 25.5. The number of furan rings is 1. The molecule has 0 aliphatic heterocycles. The lowest BCUT2D eigenvalue weighted by Gasteiger charge is -2.05. The molecule has 3 heterocycles. The first kappa shape index (κ1) is 21.4. The topological polar surface area (TPSA) is 38.9 Å². The summed E-state index contributed by atoms with van der Waals surface area (Å²) in [4.78, 5) is 8.96. The van der Waals surface area contributed by atoms with E-state index in [2.05, 4.69) is 94.9 Å². The van der Waals surface area contributed by atoms with Crippen molar-refractivity contribution in [2.45, 2.75) is 0 Å². The zero-order valence-electron chi connectivity index (χ0n) is 20.5. The van der Waals surface area contributed by atoms with Gasteiger partial charge in [-0.15, -0.1) is 22.7 Å². The van der Waals surface area contributed by atoms with E-state index in [1.807, 2.05) is 23.2 Å². The van der Waals surface area contributed by atoms with Gasteiger partial charge in [0.1, 0.15) is 21.2 Å². The van der Waals surface area contributed by atoms with Gasteiger partial charge in [0, 0.05) is 45.1 Å². The molecule has 0 saturated carbocycles. The Kier molecular flexibility index (Phi) is 4.36. The summed E-state index contributed by atoms with van der Waals surface area (Å²) in [7, 11) is 0. The van der Waals surface area contributed by atoms with E-state index in [1.165, 1.54) is 43.1 Å². The van der Waals surface area contributed by atoms with Gasteiger partial charge in [0.05, 0.1) is 0 Å². The molecule has 0 fully saturated rings. The maximum absolute atomic E-state index is 6.44. The molecule has 0 unspecified atom stereocenters. The highest BCUT2D eigenvalue weighted by molar-refractivity contribution is 7.13. The lowest BCUT2D eigenvalue weighted by Crippen LogP contribution is -1.81. The van der Waals surface area contributed by atoms with Crippen LogP contribution in [0.5, 0.6) is 0 Å². The van der Waals surface area contributed by atoms with Crippen LogP contribution in [-0.4, -0.2) is 9.97 Å². The van der Waals surface area contributed by atoms with E-state index in [9.17, 15) is 0 Å². The second-order valence-electron chi connectivity index (χ2n) is 10.00. The molecule has 0 aliphatic carbocycles. The summed E-state index contributed by atoms with van der Waals surface area (Å²) in [6, 6.07) is 31.2. The number of hydrogen-bond donors (Lipinski definition) is 0. The van der Waals surface area contributed by atoms with Crippen molar-refractivity contribution < 1.29 is 4.42 Å². The van der Waals surface area contributed by atoms with Crippen molar-refractivity contribution in [2.24, 2.45) is 0 Å². The van der Waals surface area contributed by atoms with Crippen LogP contribution in [0.1, 0.15) is 0 Å². The third-order valence-electron chi connectivity index (χ3n) is 7.66. The first-order valence-electron chi connectivity index (χ1n) is 12.8. The van der Waals surface area contributed by atoms with Crippen LogP contribution in [0.3, 0.4) is 0 Å². The Morgan fingerprint density at radius 3 is 1.33 bits per heavy atom. The molecule has 5 heteroatoms. The third kappa shape index (κ3) is 3.34. The first-order valence-corrected chi connectivity index (χ1v) is 14.5. The number of thiazole rings is 2. The van der Waals surface area contributed by atoms with Crippen LogP contribution in [-0.2, 0) is 0 Å². The Bertz CT molecular complexity index is 2220. The monoisotopic (exact) mass is 534 g/mol. The van der Waals surface area contributed by atoms with Crippen LogP contribution in [0.15, 0.2) is 113 Å². The van der Waals surface area contributed by atoms with Gasteiger partial charge < -0.3 is 4.42 Å². The lowest BCUT2D eigenvalue weighted by molar-refractivity contribution is 0.670. The van der Waals surface area contributed by atoms with Gasteiger partial charge in [-0.2, -0.15) is 0 Å². The molecule has 0 atom stereocenters. The molecule has 0 N–H and O–H groups in total. The molecular weight excluding hydrogens is 517 g/mol. The minimum absolute atomic E-state index is 0.916. The molecule has 0 amide bonds. The molecule has 0 spiro atoms. The average molecular weight is 535 g/mol. The molecular formula is C34H18N2OS2. The van der Waals surface area contributed by atoms with Gasteiger partial charge in [-0.3, -0.25) is 0 Å². The summed E-state index contributed by atoms with van der Waals surface area (Å²) >= 11 is 3.33. The number of nitrogens with zero attached hydrogens (tertiary/aromatic N) is 2. The van der Waals surface area contributed by atoms with E-state index < -0.39 is 0 Å². The van der Waals surface area contributed by atoms with Crippen LogP contribution < -0.4 is 0 Å². The molecule has 3 nitrogen and oxygen atoms in total. The summed E-state index contributed by atoms with van der Waals surface area (Å²) in [6.07, 6.45) is 3.71. The normalized spacial score (nSPS) is 12.1. The number of hydrogen-bond acceptors (Lipinski definition) is 5. The SMILES string of the molecule is c1csc(-c2ccc3cc4cc5c(cc4cc3c2)oc2cc3cc4cc(-c6nccs6)ccc4cc3cc25)n1. The number of aromatic nitrogens is 2. The Labute approximate surface area is 230 Å². The second kappa shape index (κ2) is 7.96. The molecule has 9 rings (SSSR count). The molecule has 6 aromatic carbocycles. The van der Waals surface area contributed by atoms with Gasteiger partial charge in [0.15, 0.2) is 0 Å². The summed E-state index contributed by atoms with van der Waals surface area (Å²) in [5, 5.41) is 18.1. The van der Waals surface area contributed by atoms with Gasteiger partial charge >= 0.3 is 0 Å². The van der Waals surface area contributed by atoms with E-state index in [0.717, 1.165) is 43.1 Å². The average Bonchev–Trinajstić information content (AvgIpc) is 3.74. The van der Waals surface area contributed by atoms with Crippen LogP contribution >= 0.6 is 22.7 Å². The Morgan fingerprint density at radius 1 is 0.436 bits per heavy atom. The maximum atomic E-state index is 6.44. The Morgan fingerprint density at radius 2 is 0.872 bits per heavy atom. The maximum Gasteiger partial charge on any atom is 0.136 e. The van der Waals surface area contributed by atoms with Gasteiger partial charge in [0.2, 0.25) is 0 Å². The number of benzene rings is 6. The van der Waals surface area contributed by atoms with Gasteiger partial charge in [-0.1, -0.05) is 24.3 Å². The summed E-state index contributed by atoms with van der Waals surface area (Å²) in [6.45, 7) is 0. The molecule has 0 bridgehead atoms. The van der Waals surface area contributed by atoms with Crippen LogP contribution in [0.2, 0.25) is 0 Å². The van der Waals surface area contributed by atoms with Crippen molar-refractivity contribution in [1.29, 1.82) is 0 Å². The van der Waals surface area contributed by atoms with Gasteiger partial charge in [0.25, 0.3) is 0 Å². The predicted octanol–water partition coefficient (Wildman–Crippen LogP) is 10.4. The minimum Gasteiger partial charge on any atom is -0.456 e. The van der Waals surface area contributed by atoms with Gasteiger partial charge in [-0.25, -0.2) is 9.97 Å². The molecule has 9 aromatic rings. The Balaban J connectivity index is 1.23. The second-order valence-corrected chi connectivity index (χ2v) is 11.8. The number of rotatable bonds is 2. The van der Waals surface area contributed by atoms with Crippen molar-refractivity contribution in [1.82, 2.24) is 9.97 Å². The standard InChI is InChI=1S/C34H18N2OS2/c1-3-21(33-35-5-7-38-33)11-23-13-27-17-31-29(15-25(27)9-19(1)23)30-16-26-10-20-2-4-22(34-36-6-8-39-34)12-24(20)14-28(26)18-32(30)37-31/h1-18H. The molecule has 0 radical (unpaired) electrons. The van der Waals surface area contributed by atoms with Crippen LogP contribution in [0, 0.1) is 0 Å². The summed E-state index contributed by atoms with van der Waals surface area (Å²) < 4.78 is 6.44. The molecule has 0 aliphatic rings. The van der Waals surface area contributed by atoms with E-state index in [-0.39, 0.29) is 0 Å². The van der Waals surface area contributed by atoms with Crippen molar-refractivity contribution in [2.75, 3.05) is 0 Å². The van der Waals surface area contributed by atoms with Crippen LogP contribution in [0.25, 0.3) is 86.2 Å². The molecule has 39 heavy (non-hydrogen) atoms. The van der Waals surface area contributed by atoms with Crippen molar-refractivity contribution in [3.8, 4) is 21.1 Å². The molecule has 3 aromatic heterocycles. The van der Waals surface area contributed by atoms with Crippen molar-refractivity contribution >= 4 is 87.7 Å². The largest absolute Gasteiger partial charge is 0.456 e. The van der Waals surface area contributed by atoms with E-state index in [1.54, 1.807) is 22.7 Å². The minimum atomic E-state index is 0.916. The van der Waals surface area contributed by atoms with E-state index in [4.69, 9.17) is 4.42 Å².